The van der Waals surface area contributed by atoms with Crippen molar-refractivity contribution < 1.29 is 0 Å². The van der Waals surface area contributed by atoms with Gasteiger partial charge in [-0.3, -0.25) is 0 Å². The van der Waals surface area contributed by atoms with Gasteiger partial charge in [-0.05, 0) is 49.5 Å². The summed E-state index contributed by atoms with van der Waals surface area (Å²) in [6.07, 6.45) is 6.94. The molecule has 0 nitrogen and oxygen atoms in total. The van der Waals surface area contributed by atoms with Crippen molar-refractivity contribution in [3.63, 3.8) is 0 Å². The summed E-state index contributed by atoms with van der Waals surface area (Å²) < 4.78 is 0. The third-order valence-corrected chi connectivity index (χ3v) is 4.50. The van der Waals surface area contributed by atoms with E-state index in [0.29, 0.717) is 5.41 Å². The highest BCUT2D eigenvalue weighted by atomic mass is 14.4. The van der Waals surface area contributed by atoms with Gasteiger partial charge in [-0.25, -0.2) is 0 Å². The normalized spacial score (nSPS) is 30.3. The molecule has 2 rings (SSSR count). The largest absolute Gasteiger partial charge is 0.0651 e. The fourth-order valence-electron chi connectivity index (χ4n) is 3.03. The predicted molar refractivity (Wildman–Crippen MR) is 70.8 cm³/mol. The lowest BCUT2D eigenvalue weighted by atomic mass is 9.67. The molecule has 1 aromatic carbocycles. The average Bonchev–Trinajstić information content (AvgIpc) is 2.30. The molecule has 0 saturated heterocycles. The van der Waals surface area contributed by atoms with Crippen LogP contribution in [0.1, 0.15) is 57.1 Å². The summed E-state index contributed by atoms with van der Waals surface area (Å²) in [5.74, 6) is 0.984. The highest BCUT2D eigenvalue weighted by Gasteiger charge is 2.31. The van der Waals surface area contributed by atoms with Crippen LogP contribution in [0.5, 0.6) is 0 Å². The Morgan fingerprint density at radius 1 is 1.25 bits per heavy atom. The van der Waals surface area contributed by atoms with Crippen LogP contribution in [0.4, 0.5) is 0 Å². The monoisotopic (exact) mass is 216 g/mol. The van der Waals surface area contributed by atoms with E-state index >= 15 is 0 Å². The Bertz CT molecular complexity index is 343. The highest BCUT2D eigenvalue weighted by Crippen LogP contribution is 2.42. The second-order valence-corrected chi connectivity index (χ2v) is 5.78. The van der Waals surface area contributed by atoms with Crippen LogP contribution in [0.25, 0.3) is 0 Å². The van der Waals surface area contributed by atoms with Crippen LogP contribution in [-0.4, -0.2) is 0 Å². The minimum absolute atomic E-state index is 0.442. The van der Waals surface area contributed by atoms with Crippen molar-refractivity contribution in [1.29, 1.82) is 0 Å². The molecular weight excluding hydrogens is 192 g/mol. The van der Waals surface area contributed by atoms with Crippen LogP contribution in [0.15, 0.2) is 24.3 Å². The van der Waals surface area contributed by atoms with Gasteiger partial charge in [0.05, 0.1) is 0 Å². The summed E-state index contributed by atoms with van der Waals surface area (Å²) in [5, 5.41) is 0. The summed E-state index contributed by atoms with van der Waals surface area (Å²) >= 11 is 0. The molecule has 0 bridgehead atoms. The first-order chi connectivity index (χ1) is 7.64. The standard InChI is InChI=1S/C16H24/c1-4-14-8-10-16(3,11-9-14)15-7-5-6-13(2)12-15/h5-7,12,14H,4,8-11H2,1-3H3. The lowest BCUT2D eigenvalue weighted by Crippen LogP contribution is -2.28. The van der Waals surface area contributed by atoms with Crippen molar-refractivity contribution in [3.8, 4) is 0 Å². The molecule has 0 amide bonds. The summed E-state index contributed by atoms with van der Waals surface area (Å²) in [6.45, 7) is 6.98. The number of aryl methyl sites for hydroxylation is 1. The molecule has 16 heavy (non-hydrogen) atoms. The zero-order valence-electron chi connectivity index (χ0n) is 10.9. The first kappa shape index (κ1) is 11.7. The highest BCUT2D eigenvalue weighted by molar-refractivity contribution is 5.29. The molecule has 0 spiro atoms. The van der Waals surface area contributed by atoms with Gasteiger partial charge in [0, 0.05) is 0 Å². The minimum Gasteiger partial charge on any atom is -0.0651 e. The van der Waals surface area contributed by atoms with Gasteiger partial charge in [0.1, 0.15) is 0 Å². The molecule has 0 heteroatoms. The Balaban J connectivity index is 2.15. The molecule has 0 atom stereocenters. The maximum atomic E-state index is 2.45. The van der Waals surface area contributed by atoms with Crippen LogP contribution in [0.3, 0.4) is 0 Å². The second-order valence-electron chi connectivity index (χ2n) is 5.78. The van der Waals surface area contributed by atoms with Crippen LogP contribution in [0, 0.1) is 12.8 Å². The molecule has 1 aliphatic carbocycles. The lowest BCUT2D eigenvalue weighted by Gasteiger charge is -2.37. The molecule has 0 heterocycles. The van der Waals surface area contributed by atoms with Crippen LogP contribution in [0.2, 0.25) is 0 Å². The van der Waals surface area contributed by atoms with E-state index in [1.165, 1.54) is 37.7 Å². The molecule has 0 radical (unpaired) electrons. The van der Waals surface area contributed by atoms with Crippen molar-refractivity contribution in [1.82, 2.24) is 0 Å². The molecule has 0 aliphatic heterocycles. The van der Waals surface area contributed by atoms with E-state index in [9.17, 15) is 0 Å². The zero-order chi connectivity index (χ0) is 11.6. The van der Waals surface area contributed by atoms with Crippen molar-refractivity contribution in [2.24, 2.45) is 5.92 Å². The fraction of sp³-hybridized carbons (Fsp3) is 0.625. The molecule has 1 aliphatic rings. The van der Waals surface area contributed by atoms with Crippen molar-refractivity contribution >= 4 is 0 Å². The van der Waals surface area contributed by atoms with Crippen LogP contribution < -0.4 is 0 Å². The SMILES string of the molecule is CCC1CCC(C)(c2cccc(C)c2)CC1. The summed E-state index contributed by atoms with van der Waals surface area (Å²) in [4.78, 5) is 0. The minimum atomic E-state index is 0.442. The zero-order valence-corrected chi connectivity index (χ0v) is 10.9. The molecule has 1 aromatic rings. The number of hydrogen-bond donors (Lipinski definition) is 0. The third-order valence-electron chi connectivity index (χ3n) is 4.50. The first-order valence-electron chi connectivity index (χ1n) is 6.71. The van der Waals surface area contributed by atoms with Crippen molar-refractivity contribution in [3.05, 3.63) is 35.4 Å². The number of benzene rings is 1. The maximum Gasteiger partial charge on any atom is -0.00749 e. The number of hydrogen-bond acceptors (Lipinski definition) is 0. The Kier molecular flexibility index (Phi) is 3.37. The van der Waals surface area contributed by atoms with Gasteiger partial charge in [0.25, 0.3) is 0 Å². The first-order valence-corrected chi connectivity index (χ1v) is 6.71. The Labute approximate surface area is 100 Å². The summed E-state index contributed by atoms with van der Waals surface area (Å²) in [7, 11) is 0. The average molecular weight is 216 g/mol. The topological polar surface area (TPSA) is 0 Å². The molecule has 0 aromatic heterocycles. The van der Waals surface area contributed by atoms with Crippen molar-refractivity contribution in [2.75, 3.05) is 0 Å². The fourth-order valence-corrected chi connectivity index (χ4v) is 3.03. The van der Waals surface area contributed by atoms with E-state index in [4.69, 9.17) is 0 Å². The molecule has 1 saturated carbocycles. The van der Waals surface area contributed by atoms with E-state index in [1.54, 1.807) is 5.56 Å². The van der Waals surface area contributed by atoms with Gasteiger partial charge in [0.2, 0.25) is 0 Å². The predicted octanol–water partition coefficient (Wildman–Crippen LogP) is 4.85. The third kappa shape index (κ3) is 2.31. The molecule has 1 fully saturated rings. The van der Waals surface area contributed by atoms with Gasteiger partial charge in [-0.2, -0.15) is 0 Å². The van der Waals surface area contributed by atoms with Gasteiger partial charge in [-0.1, -0.05) is 50.1 Å². The Morgan fingerprint density at radius 2 is 1.94 bits per heavy atom. The quantitative estimate of drug-likeness (QED) is 0.662. The van der Waals surface area contributed by atoms with Crippen molar-refractivity contribution in [2.45, 2.75) is 58.3 Å². The summed E-state index contributed by atoms with van der Waals surface area (Å²) in [6, 6.07) is 9.11. The van der Waals surface area contributed by atoms with E-state index in [1.807, 2.05) is 0 Å². The lowest BCUT2D eigenvalue weighted by molar-refractivity contribution is 0.243. The van der Waals surface area contributed by atoms with Gasteiger partial charge >= 0.3 is 0 Å². The van der Waals surface area contributed by atoms with Crippen LogP contribution >= 0.6 is 0 Å². The maximum absolute atomic E-state index is 2.45. The van der Waals surface area contributed by atoms with E-state index < -0.39 is 0 Å². The van der Waals surface area contributed by atoms with Crippen LogP contribution in [-0.2, 0) is 5.41 Å². The Hall–Kier alpha value is -0.780. The molecule has 0 N–H and O–H groups in total. The number of rotatable bonds is 2. The van der Waals surface area contributed by atoms with Gasteiger partial charge < -0.3 is 0 Å². The molecule has 0 unspecified atom stereocenters. The molecule has 88 valence electrons. The van der Waals surface area contributed by atoms with Gasteiger partial charge in [0.15, 0.2) is 0 Å². The van der Waals surface area contributed by atoms with E-state index in [2.05, 4.69) is 45.0 Å². The summed E-state index contributed by atoms with van der Waals surface area (Å²) in [5.41, 5.74) is 3.40. The van der Waals surface area contributed by atoms with E-state index in [-0.39, 0.29) is 0 Å². The Morgan fingerprint density at radius 3 is 2.50 bits per heavy atom. The van der Waals surface area contributed by atoms with E-state index in [0.717, 1.165) is 5.92 Å². The molecular formula is C16H24. The second kappa shape index (κ2) is 4.61. The smallest absolute Gasteiger partial charge is 0.00749 e. The van der Waals surface area contributed by atoms with Gasteiger partial charge in [-0.15, -0.1) is 0 Å².